The molecule has 0 aliphatic carbocycles. The second-order valence-corrected chi connectivity index (χ2v) is 3.25. The van der Waals surface area contributed by atoms with E-state index < -0.39 is 0 Å². The van der Waals surface area contributed by atoms with E-state index in [1.165, 1.54) is 4.90 Å². The Labute approximate surface area is 81.3 Å². The second-order valence-electron chi connectivity index (χ2n) is 3.25. The molecule has 4 nitrogen and oxygen atoms in total. The lowest BCUT2D eigenvalue weighted by molar-refractivity contribution is -0.121. The largest absolute Gasteiger partial charge is 0.397 e. The molecular weight excluding hydrogens is 180 g/mol. The van der Waals surface area contributed by atoms with E-state index in [4.69, 9.17) is 5.73 Å². The summed E-state index contributed by atoms with van der Waals surface area (Å²) in [6.07, 6.45) is -0.00562. The minimum Gasteiger partial charge on any atom is -0.397 e. The summed E-state index contributed by atoms with van der Waals surface area (Å²) in [4.78, 5) is 23.9. The predicted molar refractivity (Wildman–Crippen MR) is 52.8 cm³/mol. The Kier molecular flexibility index (Phi) is 1.96. The van der Waals surface area contributed by atoms with Crippen LogP contribution in [0.2, 0.25) is 0 Å². The number of para-hydroxylation sites is 2. The molecule has 4 heteroatoms. The summed E-state index contributed by atoms with van der Waals surface area (Å²) in [6, 6.07) is 7.04. The molecule has 1 saturated heterocycles. The Morgan fingerprint density at radius 3 is 2.50 bits per heavy atom. The molecule has 0 spiro atoms. The van der Waals surface area contributed by atoms with E-state index in [1.807, 2.05) is 0 Å². The Morgan fingerprint density at radius 1 is 1.21 bits per heavy atom. The zero-order valence-electron chi connectivity index (χ0n) is 7.56. The van der Waals surface area contributed by atoms with Crippen molar-refractivity contribution in [1.29, 1.82) is 0 Å². The number of hydrogen-bond donors (Lipinski definition) is 1. The van der Waals surface area contributed by atoms with Crippen LogP contribution in [0.5, 0.6) is 0 Å². The van der Waals surface area contributed by atoms with Crippen molar-refractivity contribution in [3.8, 4) is 0 Å². The van der Waals surface area contributed by atoms with Crippen LogP contribution in [0.25, 0.3) is 0 Å². The highest BCUT2D eigenvalue weighted by atomic mass is 16.2. The van der Waals surface area contributed by atoms with Crippen LogP contribution in [-0.2, 0) is 9.59 Å². The number of nitrogen functional groups attached to an aromatic ring is 1. The quantitative estimate of drug-likeness (QED) is 0.520. The van der Waals surface area contributed by atoms with Crippen LogP contribution >= 0.6 is 0 Å². The summed E-state index contributed by atoms with van der Waals surface area (Å²) < 4.78 is 0. The molecule has 1 aliphatic heterocycles. The van der Waals surface area contributed by atoms with Crippen molar-refractivity contribution < 1.29 is 9.59 Å². The number of amides is 1. The van der Waals surface area contributed by atoms with Gasteiger partial charge in [0.15, 0.2) is 5.78 Å². The van der Waals surface area contributed by atoms with Crippen LogP contribution in [0.4, 0.5) is 11.4 Å². The third kappa shape index (κ3) is 1.35. The fourth-order valence-corrected chi connectivity index (χ4v) is 1.54. The Morgan fingerprint density at radius 2 is 1.93 bits per heavy atom. The number of rotatable bonds is 1. The highest BCUT2D eigenvalue weighted by molar-refractivity contribution is 6.15. The summed E-state index contributed by atoms with van der Waals surface area (Å²) in [5.74, 6) is -0.230. The molecule has 72 valence electrons. The van der Waals surface area contributed by atoms with Crippen molar-refractivity contribution >= 4 is 23.1 Å². The molecule has 0 saturated carbocycles. The van der Waals surface area contributed by atoms with E-state index in [0.717, 1.165) is 0 Å². The molecule has 1 fully saturated rings. The van der Waals surface area contributed by atoms with Crippen molar-refractivity contribution in [3.05, 3.63) is 24.3 Å². The van der Waals surface area contributed by atoms with Gasteiger partial charge in [0.05, 0.1) is 24.3 Å². The van der Waals surface area contributed by atoms with Gasteiger partial charge in [0.1, 0.15) is 0 Å². The van der Waals surface area contributed by atoms with Crippen molar-refractivity contribution in [1.82, 2.24) is 0 Å². The molecule has 0 bridgehead atoms. The van der Waals surface area contributed by atoms with Crippen molar-refractivity contribution in [3.63, 3.8) is 0 Å². The van der Waals surface area contributed by atoms with Crippen molar-refractivity contribution in [2.24, 2.45) is 0 Å². The maximum Gasteiger partial charge on any atom is 0.234 e. The van der Waals surface area contributed by atoms with Crippen LogP contribution < -0.4 is 10.6 Å². The zero-order chi connectivity index (χ0) is 10.1. The normalized spacial score (nSPS) is 16.4. The van der Waals surface area contributed by atoms with Crippen LogP contribution in [0.1, 0.15) is 6.42 Å². The lowest BCUT2D eigenvalue weighted by Gasteiger charge is -2.16. The van der Waals surface area contributed by atoms with Gasteiger partial charge in [0, 0.05) is 0 Å². The summed E-state index contributed by atoms with van der Waals surface area (Å²) in [6.45, 7) is 0.146. The number of carbonyl (C=O) groups excluding carboxylic acids is 2. The number of ketones is 1. The second kappa shape index (κ2) is 3.14. The highest BCUT2D eigenvalue weighted by Gasteiger charge is 2.29. The first-order valence-corrected chi connectivity index (χ1v) is 4.35. The summed E-state index contributed by atoms with van der Waals surface area (Å²) in [7, 11) is 0. The molecular formula is C10H10N2O2. The molecule has 0 unspecified atom stereocenters. The van der Waals surface area contributed by atoms with Gasteiger partial charge in [-0.15, -0.1) is 0 Å². The van der Waals surface area contributed by atoms with Gasteiger partial charge < -0.3 is 10.6 Å². The monoisotopic (exact) mass is 190 g/mol. The zero-order valence-corrected chi connectivity index (χ0v) is 7.56. The SMILES string of the molecule is Nc1ccccc1N1CC(=O)CC1=O. The Balaban J connectivity index is 2.36. The molecule has 2 N–H and O–H groups in total. The molecule has 1 aliphatic rings. The highest BCUT2D eigenvalue weighted by Crippen LogP contribution is 2.25. The maximum absolute atomic E-state index is 11.4. The number of carbonyl (C=O) groups is 2. The van der Waals surface area contributed by atoms with Gasteiger partial charge in [-0.2, -0.15) is 0 Å². The minimum atomic E-state index is -0.173. The van der Waals surface area contributed by atoms with E-state index in [1.54, 1.807) is 24.3 Å². The number of anilines is 2. The van der Waals surface area contributed by atoms with Gasteiger partial charge in [-0.1, -0.05) is 12.1 Å². The Bertz CT molecular complexity index is 401. The number of Topliss-reactive ketones (excluding diaryl/α,β-unsaturated/α-hetero) is 1. The topological polar surface area (TPSA) is 63.4 Å². The fourth-order valence-electron chi connectivity index (χ4n) is 1.54. The third-order valence-corrected chi connectivity index (χ3v) is 2.21. The average molecular weight is 190 g/mol. The molecule has 1 aromatic rings. The van der Waals surface area contributed by atoms with Gasteiger partial charge in [-0.25, -0.2) is 0 Å². The molecule has 0 aromatic heterocycles. The number of benzene rings is 1. The minimum absolute atomic E-state index is 0.00562. The molecule has 0 radical (unpaired) electrons. The first kappa shape index (κ1) is 8.74. The van der Waals surface area contributed by atoms with Crippen LogP contribution in [0.3, 0.4) is 0 Å². The van der Waals surface area contributed by atoms with Gasteiger partial charge in [-0.05, 0) is 12.1 Å². The summed E-state index contributed by atoms with van der Waals surface area (Å²) >= 11 is 0. The number of nitrogens with two attached hydrogens (primary N) is 1. The lowest BCUT2D eigenvalue weighted by Crippen LogP contribution is -2.25. The average Bonchev–Trinajstić information content (AvgIpc) is 2.46. The molecule has 1 heterocycles. The number of hydrogen-bond acceptors (Lipinski definition) is 3. The lowest BCUT2D eigenvalue weighted by atomic mass is 10.2. The van der Waals surface area contributed by atoms with E-state index in [0.29, 0.717) is 11.4 Å². The molecule has 2 rings (SSSR count). The summed E-state index contributed by atoms with van der Waals surface area (Å²) in [5, 5.41) is 0. The van der Waals surface area contributed by atoms with E-state index in [9.17, 15) is 9.59 Å². The molecule has 14 heavy (non-hydrogen) atoms. The third-order valence-electron chi connectivity index (χ3n) is 2.21. The Hall–Kier alpha value is -1.84. The van der Waals surface area contributed by atoms with Crippen molar-refractivity contribution in [2.45, 2.75) is 6.42 Å². The molecule has 0 atom stereocenters. The van der Waals surface area contributed by atoms with Crippen molar-refractivity contribution in [2.75, 3.05) is 17.2 Å². The smallest absolute Gasteiger partial charge is 0.234 e. The molecule has 1 aromatic carbocycles. The van der Waals surface area contributed by atoms with Gasteiger partial charge in [-0.3, -0.25) is 9.59 Å². The maximum atomic E-state index is 11.4. The van der Waals surface area contributed by atoms with E-state index >= 15 is 0 Å². The predicted octanol–water partition coefficient (Wildman–Crippen LogP) is 0.575. The first-order valence-electron chi connectivity index (χ1n) is 4.35. The van der Waals surface area contributed by atoms with Gasteiger partial charge >= 0.3 is 0 Å². The summed E-state index contributed by atoms with van der Waals surface area (Å²) in [5.41, 5.74) is 6.85. The standard InChI is InChI=1S/C10H10N2O2/c11-8-3-1-2-4-9(8)12-6-7(13)5-10(12)14/h1-4H,5-6,11H2. The van der Waals surface area contributed by atoms with Gasteiger partial charge in [0.2, 0.25) is 5.91 Å². The van der Waals surface area contributed by atoms with Crippen LogP contribution in [0.15, 0.2) is 24.3 Å². The van der Waals surface area contributed by atoms with Crippen LogP contribution in [0, 0.1) is 0 Å². The van der Waals surface area contributed by atoms with E-state index in [-0.39, 0.29) is 24.7 Å². The van der Waals surface area contributed by atoms with E-state index in [2.05, 4.69) is 0 Å². The molecule has 1 amide bonds. The van der Waals surface area contributed by atoms with Crippen LogP contribution in [-0.4, -0.2) is 18.2 Å². The number of nitrogens with zero attached hydrogens (tertiary/aromatic N) is 1. The fraction of sp³-hybridized carbons (Fsp3) is 0.200. The van der Waals surface area contributed by atoms with Gasteiger partial charge in [0.25, 0.3) is 0 Å². The first-order chi connectivity index (χ1) is 6.68.